The molecule has 0 unspecified atom stereocenters. The van der Waals surface area contributed by atoms with Crippen LogP contribution in [0.3, 0.4) is 0 Å². The molecule has 0 saturated heterocycles. The summed E-state index contributed by atoms with van der Waals surface area (Å²) in [4.78, 5) is 46.2. The number of carboxylic acid groups (broad SMARTS) is 3. The van der Waals surface area contributed by atoms with Crippen LogP contribution in [0.1, 0.15) is 31.8 Å². The Morgan fingerprint density at radius 2 is 1.09 bits per heavy atom. The molecule has 0 heterocycles. The minimum Gasteiger partial charge on any atom is -0.507 e. The summed E-state index contributed by atoms with van der Waals surface area (Å²) in [6.45, 7) is 0. The van der Waals surface area contributed by atoms with Gasteiger partial charge in [-0.3, -0.25) is 4.79 Å². The molecule has 3 rings (SSSR count). The van der Waals surface area contributed by atoms with E-state index >= 15 is 0 Å². The summed E-state index contributed by atoms with van der Waals surface area (Å²) in [6.07, 6.45) is 3.42. The third kappa shape index (κ3) is 6.94. The molecule has 0 fully saturated rings. The minimum atomic E-state index is -1.47. The van der Waals surface area contributed by atoms with Gasteiger partial charge in [0, 0.05) is 88.7 Å². The molecule has 3 radical (unpaired) electrons. The number of carbonyl (C=O) groups excluding carboxylic acids is 1. The predicted molar refractivity (Wildman–Crippen MR) is 123 cm³/mol. The van der Waals surface area contributed by atoms with E-state index in [1.807, 2.05) is 0 Å². The standard InChI is InChI=1S/C22H14O9.3Na/c23-16-4-1-10(7-13(16)20(26)27)19(11-2-5-17(24)14(8-11)21(28)29)12-3-6-18(25)15(9-12)22(30)31;;;/h1-9,23-24H,(H,26,27)(H,28,29)(H,30,31);;;. The van der Waals surface area contributed by atoms with Gasteiger partial charge < -0.3 is 25.5 Å². The third-order valence-corrected chi connectivity index (χ3v) is 4.53. The van der Waals surface area contributed by atoms with Crippen molar-refractivity contribution in [3.8, 4) is 11.5 Å². The Morgan fingerprint density at radius 3 is 1.47 bits per heavy atom. The fourth-order valence-corrected chi connectivity index (χ4v) is 3.08. The number of aromatic hydroxyl groups is 2. The number of benzene rings is 2. The van der Waals surface area contributed by atoms with Crippen molar-refractivity contribution in [1.29, 1.82) is 0 Å². The van der Waals surface area contributed by atoms with Crippen molar-refractivity contribution in [2.45, 2.75) is 0 Å². The van der Waals surface area contributed by atoms with Gasteiger partial charge >= 0.3 is 17.9 Å². The van der Waals surface area contributed by atoms with Crippen molar-refractivity contribution < 1.29 is 44.7 Å². The Hall–Kier alpha value is -1.66. The van der Waals surface area contributed by atoms with Crippen LogP contribution in [0.25, 0.3) is 5.57 Å². The largest absolute Gasteiger partial charge is 0.507 e. The zero-order chi connectivity index (χ0) is 22.9. The number of carboxylic acids is 3. The summed E-state index contributed by atoms with van der Waals surface area (Å²) in [7, 11) is 0. The Balaban J connectivity index is 0.00000363. The number of hydrogen-bond acceptors (Lipinski definition) is 6. The van der Waals surface area contributed by atoms with Crippen molar-refractivity contribution in [3.05, 3.63) is 88.0 Å². The molecule has 9 nitrogen and oxygen atoms in total. The second kappa shape index (κ2) is 13.4. The Kier molecular flexibility index (Phi) is 12.8. The van der Waals surface area contributed by atoms with Crippen LogP contribution in [0.2, 0.25) is 0 Å². The van der Waals surface area contributed by atoms with Gasteiger partial charge in [-0.05, 0) is 58.7 Å². The molecule has 0 atom stereocenters. The average Bonchev–Trinajstić information content (AvgIpc) is 2.71. The molecular weight excluding hydrogens is 477 g/mol. The molecule has 12 heteroatoms. The maximum Gasteiger partial charge on any atom is 0.339 e. The third-order valence-electron chi connectivity index (χ3n) is 4.53. The van der Waals surface area contributed by atoms with Crippen LogP contribution < -0.4 is 0 Å². The smallest absolute Gasteiger partial charge is 0.339 e. The Labute approximate surface area is 259 Å². The van der Waals surface area contributed by atoms with E-state index in [0.717, 1.165) is 36.4 Å². The second-order valence-corrected chi connectivity index (χ2v) is 6.47. The molecule has 34 heavy (non-hydrogen) atoms. The van der Waals surface area contributed by atoms with Crippen LogP contribution in [0.15, 0.2) is 65.8 Å². The van der Waals surface area contributed by atoms with E-state index in [0.29, 0.717) is 0 Å². The number of allylic oxidation sites excluding steroid dienone is 4. The summed E-state index contributed by atoms with van der Waals surface area (Å²) >= 11 is 0. The average molecular weight is 491 g/mol. The first-order valence-electron chi connectivity index (χ1n) is 8.65. The Morgan fingerprint density at radius 1 is 0.647 bits per heavy atom. The quantitative estimate of drug-likeness (QED) is 0.306. The number of hydrogen-bond donors (Lipinski definition) is 5. The number of rotatable bonds is 5. The molecule has 1 aliphatic rings. The summed E-state index contributed by atoms with van der Waals surface area (Å²) in [5.74, 6) is -6.07. The number of aliphatic carboxylic acids is 1. The SMILES string of the molecule is O=C(O)C1=CC(=C(c2ccc(O)c(C(=O)O)c2)c2ccc(O)c(C(=O)O)c2)C=CC1=O.[Na].[Na].[Na]. The molecule has 2 aromatic carbocycles. The molecule has 0 saturated carbocycles. The zero-order valence-corrected chi connectivity index (χ0v) is 24.6. The summed E-state index contributed by atoms with van der Waals surface area (Å²) in [6, 6.07) is 7.22. The molecule has 0 spiro atoms. The monoisotopic (exact) mass is 491 g/mol. The minimum absolute atomic E-state index is 0. The Bertz CT molecular complexity index is 1190. The van der Waals surface area contributed by atoms with Crippen molar-refractivity contribution in [2.75, 3.05) is 0 Å². The van der Waals surface area contributed by atoms with Gasteiger partial charge in [0.15, 0.2) is 5.78 Å². The van der Waals surface area contributed by atoms with Crippen molar-refractivity contribution >= 4 is 118 Å². The van der Waals surface area contributed by atoms with Gasteiger partial charge in [-0.25, -0.2) is 14.4 Å². The van der Waals surface area contributed by atoms with E-state index in [2.05, 4.69) is 0 Å². The molecule has 0 aromatic heterocycles. The van der Waals surface area contributed by atoms with Crippen LogP contribution >= 0.6 is 0 Å². The number of aromatic carboxylic acids is 2. The summed E-state index contributed by atoms with van der Waals surface area (Å²) in [5, 5.41) is 47.6. The van der Waals surface area contributed by atoms with Crippen molar-refractivity contribution in [3.63, 3.8) is 0 Å². The van der Waals surface area contributed by atoms with Crippen molar-refractivity contribution in [1.82, 2.24) is 0 Å². The summed E-state index contributed by atoms with van der Waals surface area (Å²) in [5.41, 5.74) is -0.644. The predicted octanol–water partition coefficient (Wildman–Crippen LogP) is 1.30. The molecule has 159 valence electrons. The molecule has 0 bridgehead atoms. The van der Waals surface area contributed by atoms with E-state index in [-0.39, 0.29) is 111 Å². The van der Waals surface area contributed by atoms with Crippen LogP contribution in [0.4, 0.5) is 0 Å². The van der Waals surface area contributed by atoms with E-state index in [4.69, 9.17) is 0 Å². The van der Waals surface area contributed by atoms with Gasteiger partial charge in [0.05, 0.1) is 0 Å². The molecule has 0 amide bonds. The maximum absolute atomic E-state index is 11.9. The zero-order valence-electron chi connectivity index (χ0n) is 18.6. The van der Waals surface area contributed by atoms with Gasteiger partial charge in [-0.1, -0.05) is 18.2 Å². The first kappa shape index (κ1) is 32.3. The van der Waals surface area contributed by atoms with Gasteiger partial charge in [-0.15, -0.1) is 0 Å². The van der Waals surface area contributed by atoms with E-state index in [1.54, 1.807) is 0 Å². The van der Waals surface area contributed by atoms with Crippen LogP contribution in [0, 0.1) is 0 Å². The number of carbonyl (C=O) groups is 4. The van der Waals surface area contributed by atoms with Crippen LogP contribution in [-0.2, 0) is 9.59 Å². The molecular formula is C22H14Na3O9. The first-order chi connectivity index (χ1) is 14.6. The topological polar surface area (TPSA) is 169 Å². The van der Waals surface area contributed by atoms with Crippen molar-refractivity contribution in [2.24, 2.45) is 0 Å². The van der Waals surface area contributed by atoms with Gasteiger partial charge in [0.25, 0.3) is 0 Å². The maximum atomic E-state index is 11.9. The van der Waals surface area contributed by atoms with Gasteiger partial charge in [0.2, 0.25) is 0 Å². The van der Waals surface area contributed by atoms with Crippen LogP contribution in [-0.4, -0.2) is 138 Å². The van der Waals surface area contributed by atoms with E-state index < -0.39 is 51.9 Å². The fourth-order valence-electron chi connectivity index (χ4n) is 3.08. The van der Waals surface area contributed by atoms with Gasteiger partial charge in [0.1, 0.15) is 28.2 Å². The normalized spacial score (nSPS) is 11.8. The first-order valence-corrected chi connectivity index (χ1v) is 8.65. The van der Waals surface area contributed by atoms with E-state index in [1.165, 1.54) is 18.2 Å². The summed E-state index contributed by atoms with van der Waals surface area (Å²) < 4.78 is 0. The van der Waals surface area contributed by atoms with E-state index in [9.17, 15) is 44.7 Å². The fraction of sp³-hybridized carbons (Fsp3) is 0. The second-order valence-electron chi connectivity index (χ2n) is 6.47. The van der Waals surface area contributed by atoms with Crippen LogP contribution in [0.5, 0.6) is 11.5 Å². The van der Waals surface area contributed by atoms with Gasteiger partial charge in [-0.2, -0.15) is 0 Å². The molecule has 1 aliphatic carbocycles. The molecule has 2 aromatic rings. The number of phenols is 2. The molecule has 5 N–H and O–H groups in total. The molecule has 0 aliphatic heterocycles. The number of ketones is 1.